The first kappa shape index (κ1) is 15.9. The molecule has 0 aromatic heterocycles. The summed E-state index contributed by atoms with van der Waals surface area (Å²) in [6, 6.07) is 4.86. The maximum atomic E-state index is 13.1. The summed E-state index contributed by atoms with van der Waals surface area (Å²) in [6.45, 7) is 1.70. The zero-order valence-corrected chi connectivity index (χ0v) is 12.4. The van der Waals surface area contributed by atoms with Crippen LogP contribution < -0.4 is 5.32 Å². The molecular formula is C15H17FN2O4. The van der Waals surface area contributed by atoms with Crippen LogP contribution in [0.1, 0.15) is 25.3 Å². The minimum Gasteiger partial charge on any atom is -0.469 e. The molecule has 0 saturated carbocycles. The summed E-state index contributed by atoms with van der Waals surface area (Å²) in [5, 5.41) is 2.66. The van der Waals surface area contributed by atoms with Crippen molar-refractivity contribution < 1.29 is 23.5 Å². The Kier molecular flexibility index (Phi) is 4.44. The van der Waals surface area contributed by atoms with Crippen LogP contribution in [0.2, 0.25) is 0 Å². The maximum absolute atomic E-state index is 13.1. The highest BCUT2D eigenvalue weighted by molar-refractivity contribution is 6.07. The van der Waals surface area contributed by atoms with Crippen LogP contribution in [-0.4, -0.2) is 36.5 Å². The number of methoxy groups -OCH3 is 1. The number of carbonyl (C=O) groups excluding carboxylic acids is 3. The number of nitrogens with one attached hydrogen (secondary N) is 1. The quantitative estimate of drug-likeness (QED) is 0.661. The summed E-state index contributed by atoms with van der Waals surface area (Å²) in [6.07, 6.45) is 0.247. The van der Waals surface area contributed by atoms with Gasteiger partial charge < -0.3 is 10.1 Å². The number of esters is 1. The molecule has 0 bridgehead atoms. The zero-order valence-electron chi connectivity index (χ0n) is 12.4. The van der Waals surface area contributed by atoms with Crippen LogP contribution in [0.5, 0.6) is 0 Å². The van der Waals surface area contributed by atoms with Gasteiger partial charge in [-0.25, -0.2) is 9.18 Å². The second kappa shape index (κ2) is 6.13. The Hall–Kier alpha value is -2.44. The average Bonchev–Trinajstić information content (AvgIpc) is 2.77. The number of nitrogens with zero attached hydrogens (tertiary/aromatic N) is 1. The average molecular weight is 308 g/mol. The van der Waals surface area contributed by atoms with Crippen molar-refractivity contribution in [2.75, 3.05) is 13.7 Å². The molecule has 2 rings (SSSR count). The molecule has 1 N–H and O–H groups in total. The van der Waals surface area contributed by atoms with Crippen LogP contribution in [0.3, 0.4) is 0 Å². The molecule has 22 heavy (non-hydrogen) atoms. The van der Waals surface area contributed by atoms with Crippen molar-refractivity contribution in [2.24, 2.45) is 0 Å². The third-order valence-corrected chi connectivity index (χ3v) is 3.81. The Morgan fingerprint density at radius 3 is 2.50 bits per heavy atom. The lowest BCUT2D eigenvalue weighted by molar-refractivity contribution is -0.141. The SMILES string of the molecule is CC[C@@]1(c2ccc(F)cc2)NC(=O)N(CCC(=O)OC)C1=O. The van der Waals surface area contributed by atoms with Crippen LogP contribution in [0.25, 0.3) is 0 Å². The second-order valence-electron chi connectivity index (χ2n) is 4.98. The molecule has 118 valence electrons. The normalized spacial score (nSPS) is 21.0. The molecule has 1 aromatic carbocycles. The van der Waals surface area contributed by atoms with Crippen molar-refractivity contribution in [2.45, 2.75) is 25.3 Å². The van der Waals surface area contributed by atoms with Crippen molar-refractivity contribution in [1.29, 1.82) is 0 Å². The van der Waals surface area contributed by atoms with Gasteiger partial charge >= 0.3 is 12.0 Å². The van der Waals surface area contributed by atoms with Gasteiger partial charge in [0.15, 0.2) is 0 Å². The Labute approximate surface area is 127 Å². The van der Waals surface area contributed by atoms with Crippen molar-refractivity contribution in [3.63, 3.8) is 0 Å². The van der Waals surface area contributed by atoms with E-state index in [1.807, 2.05) is 0 Å². The van der Waals surface area contributed by atoms with Crippen LogP contribution in [0.15, 0.2) is 24.3 Å². The van der Waals surface area contributed by atoms with Gasteiger partial charge in [-0.1, -0.05) is 19.1 Å². The van der Waals surface area contributed by atoms with E-state index in [0.29, 0.717) is 12.0 Å². The molecular weight excluding hydrogens is 291 g/mol. The van der Waals surface area contributed by atoms with Crippen LogP contribution in [-0.2, 0) is 19.9 Å². The number of hydrogen-bond donors (Lipinski definition) is 1. The summed E-state index contributed by atoms with van der Waals surface area (Å²) in [7, 11) is 1.24. The second-order valence-corrected chi connectivity index (χ2v) is 4.98. The van der Waals surface area contributed by atoms with E-state index in [1.165, 1.54) is 31.4 Å². The molecule has 1 heterocycles. The van der Waals surface area contributed by atoms with Crippen molar-refractivity contribution in [1.82, 2.24) is 10.2 Å². The fourth-order valence-electron chi connectivity index (χ4n) is 2.51. The van der Waals surface area contributed by atoms with Gasteiger partial charge in [0.25, 0.3) is 5.91 Å². The summed E-state index contributed by atoms with van der Waals surface area (Å²) < 4.78 is 17.6. The molecule has 1 saturated heterocycles. The fraction of sp³-hybridized carbons (Fsp3) is 0.400. The highest BCUT2D eigenvalue weighted by Crippen LogP contribution is 2.32. The van der Waals surface area contributed by atoms with E-state index >= 15 is 0 Å². The van der Waals surface area contributed by atoms with Crippen molar-refractivity contribution in [3.05, 3.63) is 35.6 Å². The first-order valence-corrected chi connectivity index (χ1v) is 6.91. The van der Waals surface area contributed by atoms with E-state index in [-0.39, 0.29) is 13.0 Å². The first-order valence-electron chi connectivity index (χ1n) is 6.91. The molecule has 0 aliphatic carbocycles. The number of ether oxygens (including phenoxy) is 1. The Balaban J connectivity index is 2.27. The molecule has 1 aromatic rings. The Morgan fingerprint density at radius 1 is 1.32 bits per heavy atom. The number of urea groups is 1. The molecule has 6 nitrogen and oxygen atoms in total. The predicted molar refractivity (Wildman–Crippen MR) is 75.2 cm³/mol. The van der Waals surface area contributed by atoms with E-state index < -0.39 is 29.3 Å². The van der Waals surface area contributed by atoms with Crippen LogP contribution in [0.4, 0.5) is 9.18 Å². The summed E-state index contributed by atoms with van der Waals surface area (Å²) in [4.78, 5) is 36.9. The summed E-state index contributed by atoms with van der Waals surface area (Å²) in [5.41, 5.74) is -0.712. The van der Waals surface area contributed by atoms with Gasteiger partial charge in [0.2, 0.25) is 0 Å². The molecule has 7 heteroatoms. The van der Waals surface area contributed by atoms with Crippen molar-refractivity contribution >= 4 is 17.9 Å². The first-order chi connectivity index (χ1) is 10.4. The molecule has 1 aliphatic rings. The third kappa shape index (κ3) is 2.66. The van der Waals surface area contributed by atoms with Gasteiger partial charge in [0, 0.05) is 6.54 Å². The van der Waals surface area contributed by atoms with E-state index in [4.69, 9.17) is 0 Å². The molecule has 0 radical (unpaired) electrons. The Morgan fingerprint density at radius 2 is 1.95 bits per heavy atom. The topological polar surface area (TPSA) is 75.7 Å². The minimum atomic E-state index is -1.22. The largest absolute Gasteiger partial charge is 0.469 e. The fourth-order valence-corrected chi connectivity index (χ4v) is 2.51. The number of rotatable bonds is 5. The number of amides is 3. The lowest BCUT2D eigenvalue weighted by Crippen LogP contribution is -2.43. The van der Waals surface area contributed by atoms with Crippen molar-refractivity contribution in [3.8, 4) is 0 Å². The van der Waals surface area contributed by atoms with Crippen LogP contribution in [0, 0.1) is 5.82 Å². The van der Waals surface area contributed by atoms with E-state index in [0.717, 1.165) is 4.90 Å². The number of halogens is 1. The molecule has 1 atom stereocenters. The van der Waals surface area contributed by atoms with Crippen LogP contribution >= 0.6 is 0 Å². The monoisotopic (exact) mass is 308 g/mol. The number of hydrogen-bond acceptors (Lipinski definition) is 4. The summed E-state index contributed by atoms with van der Waals surface area (Å²) >= 11 is 0. The van der Waals surface area contributed by atoms with E-state index in [1.54, 1.807) is 6.92 Å². The van der Waals surface area contributed by atoms with E-state index in [9.17, 15) is 18.8 Å². The highest BCUT2D eigenvalue weighted by Gasteiger charge is 2.51. The highest BCUT2D eigenvalue weighted by atomic mass is 19.1. The van der Waals surface area contributed by atoms with Gasteiger partial charge in [-0.15, -0.1) is 0 Å². The number of benzene rings is 1. The summed E-state index contributed by atoms with van der Waals surface area (Å²) in [5.74, 6) is -1.37. The van der Waals surface area contributed by atoms with Gasteiger partial charge in [-0.2, -0.15) is 0 Å². The Bertz CT molecular complexity index is 602. The number of imide groups is 1. The minimum absolute atomic E-state index is 0.0553. The van der Waals surface area contributed by atoms with E-state index in [2.05, 4.69) is 10.1 Å². The molecule has 3 amide bonds. The molecule has 1 fully saturated rings. The predicted octanol–water partition coefficient (Wildman–Crippen LogP) is 1.55. The third-order valence-electron chi connectivity index (χ3n) is 3.81. The van der Waals surface area contributed by atoms with Gasteiger partial charge in [-0.05, 0) is 24.1 Å². The standard InChI is InChI=1S/C15H17FN2O4/c1-3-15(10-4-6-11(16)7-5-10)13(20)18(14(21)17-15)9-8-12(19)22-2/h4-7H,3,8-9H2,1-2H3,(H,17,21)/t15-/m0/s1. The molecule has 1 aliphatic heterocycles. The van der Waals surface area contributed by atoms with Gasteiger partial charge in [0.05, 0.1) is 13.5 Å². The lowest BCUT2D eigenvalue weighted by Gasteiger charge is -2.25. The van der Waals surface area contributed by atoms with Gasteiger partial charge in [0.1, 0.15) is 11.4 Å². The molecule has 0 spiro atoms. The van der Waals surface area contributed by atoms with Gasteiger partial charge in [-0.3, -0.25) is 14.5 Å². The smallest absolute Gasteiger partial charge is 0.325 e. The maximum Gasteiger partial charge on any atom is 0.325 e. The zero-order chi connectivity index (χ0) is 16.3. The lowest BCUT2D eigenvalue weighted by atomic mass is 9.87. The number of carbonyl (C=O) groups is 3. The molecule has 0 unspecified atom stereocenters.